The van der Waals surface area contributed by atoms with Crippen LogP contribution >= 0.6 is 0 Å². The van der Waals surface area contributed by atoms with Gasteiger partial charge in [0.1, 0.15) is 5.75 Å². The topological polar surface area (TPSA) is 27.7 Å². The molecule has 0 bridgehead atoms. The summed E-state index contributed by atoms with van der Waals surface area (Å²) in [6.45, 7) is 5.84. The Kier molecular flexibility index (Phi) is 10.9. The average Bonchev–Trinajstić information content (AvgIpc) is 2.85. The predicted octanol–water partition coefficient (Wildman–Crippen LogP) is 9.33. The van der Waals surface area contributed by atoms with Gasteiger partial charge in [-0.1, -0.05) is 108 Å². The Balaban J connectivity index is 1.83. The largest absolute Gasteiger partial charge is 0.489 e. The molecule has 0 aliphatic rings. The Morgan fingerprint density at radius 1 is 0.576 bits per heavy atom. The third-order valence-corrected chi connectivity index (χ3v) is 5.88. The summed E-state index contributed by atoms with van der Waals surface area (Å²) in [5.41, 5.74) is 0. The third-order valence-electron chi connectivity index (χ3n) is 5.88. The molecule has 0 aromatic heterocycles. The number of fused-ring (bicyclic) bond motifs is 1. The Labute approximate surface area is 200 Å². The SMILES string of the molecule is CCCCCCCOc1c(Oc2ccccc2)cc2ccccc2c1OCCCCCCC. The molecule has 0 unspecified atom stereocenters. The summed E-state index contributed by atoms with van der Waals surface area (Å²) >= 11 is 0. The van der Waals surface area contributed by atoms with E-state index in [2.05, 4.69) is 44.2 Å². The van der Waals surface area contributed by atoms with Crippen molar-refractivity contribution in [2.75, 3.05) is 13.2 Å². The summed E-state index contributed by atoms with van der Waals surface area (Å²) in [4.78, 5) is 0. The zero-order valence-corrected chi connectivity index (χ0v) is 20.5. The molecule has 3 rings (SSSR count). The molecule has 0 heterocycles. The van der Waals surface area contributed by atoms with Crippen LogP contribution in [0.25, 0.3) is 10.8 Å². The lowest BCUT2D eigenvalue weighted by Crippen LogP contribution is -2.05. The second kappa shape index (κ2) is 14.5. The zero-order valence-electron chi connectivity index (χ0n) is 20.5. The van der Waals surface area contributed by atoms with E-state index in [0.717, 1.165) is 46.6 Å². The molecule has 3 aromatic carbocycles. The summed E-state index contributed by atoms with van der Waals surface area (Å²) in [6.07, 6.45) is 12.1. The molecule has 0 aliphatic carbocycles. The molecule has 33 heavy (non-hydrogen) atoms. The van der Waals surface area contributed by atoms with Gasteiger partial charge in [0.05, 0.1) is 13.2 Å². The maximum atomic E-state index is 6.40. The van der Waals surface area contributed by atoms with E-state index in [-0.39, 0.29) is 0 Å². The van der Waals surface area contributed by atoms with Crippen molar-refractivity contribution < 1.29 is 14.2 Å². The molecule has 0 fully saturated rings. The molecular formula is C30H40O3. The monoisotopic (exact) mass is 448 g/mol. The van der Waals surface area contributed by atoms with Gasteiger partial charge in [-0.2, -0.15) is 0 Å². The Morgan fingerprint density at radius 2 is 1.15 bits per heavy atom. The summed E-state index contributed by atoms with van der Waals surface area (Å²) in [5, 5.41) is 2.17. The highest BCUT2D eigenvalue weighted by atomic mass is 16.5. The van der Waals surface area contributed by atoms with Crippen molar-refractivity contribution in [3.05, 3.63) is 60.7 Å². The van der Waals surface area contributed by atoms with Crippen LogP contribution in [-0.2, 0) is 0 Å². The Hall–Kier alpha value is -2.68. The van der Waals surface area contributed by atoms with Gasteiger partial charge in [-0.25, -0.2) is 0 Å². The minimum atomic E-state index is 0.667. The Morgan fingerprint density at radius 3 is 1.82 bits per heavy atom. The molecule has 3 nitrogen and oxygen atoms in total. The maximum Gasteiger partial charge on any atom is 0.204 e. The highest BCUT2D eigenvalue weighted by Crippen LogP contribution is 2.45. The number of hydrogen-bond donors (Lipinski definition) is 0. The van der Waals surface area contributed by atoms with E-state index >= 15 is 0 Å². The lowest BCUT2D eigenvalue weighted by Gasteiger charge is -2.19. The minimum absolute atomic E-state index is 0.667. The van der Waals surface area contributed by atoms with Crippen molar-refractivity contribution in [2.24, 2.45) is 0 Å². The molecule has 3 heteroatoms. The summed E-state index contributed by atoms with van der Waals surface area (Å²) in [7, 11) is 0. The van der Waals surface area contributed by atoms with Crippen LogP contribution in [0.3, 0.4) is 0 Å². The van der Waals surface area contributed by atoms with E-state index in [9.17, 15) is 0 Å². The van der Waals surface area contributed by atoms with Crippen LogP contribution in [0.1, 0.15) is 78.1 Å². The molecular weight excluding hydrogens is 408 g/mol. The fraction of sp³-hybridized carbons (Fsp3) is 0.467. The van der Waals surface area contributed by atoms with Crippen molar-refractivity contribution in [2.45, 2.75) is 78.1 Å². The highest BCUT2D eigenvalue weighted by molar-refractivity contribution is 5.93. The van der Waals surface area contributed by atoms with Gasteiger partial charge in [0.25, 0.3) is 0 Å². The number of para-hydroxylation sites is 1. The van der Waals surface area contributed by atoms with Gasteiger partial charge in [-0.15, -0.1) is 0 Å². The van der Waals surface area contributed by atoms with Crippen LogP contribution in [0.5, 0.6) is 23.0 Å². The highest BCUT2D eigenvalue weighted by Gasteiger charge is 2.18. The molecule has 178 valence electrons. The van der Waals surface area contributed by atoms with Crippen molar-refractivity contribution >= 4 is 10.8 Å². The molecule has 0 atom stereocenters. The van der Waals surface area contributed by atoms with E-state index in [0.29, 0.717) is 13.2 Å². The molecule has 0 radical (unpaired) electrons. The van der Waals surface area contributed by atoms with Gasteiger partial charge in [0, 0.05) is 5.39 Å². The predicted molar refractivity (Wildman–Crippen MR) is 139 cm³/mol. The number of benzene rings is 3. The number of ether oxygens (including phenoxy) is 3. The van der Waals surface area contributed by atoms with Crippen molar-refractivity contribution in [3.63, 3.8) is 0 Å². The lowest BCUT2D eigenvalue weighted by atomic mass is 10.1. The van der Waals surface area contributed by atoms with Gasteiger partial charge in [0.2, 0.25) is 5.75 Å². The first kappa shape index (κ1) is 25.0. The van der Waals surface area contributed by atoms with Gasteiger partial charge in [0.15, 0.2) is 11.5 Å². The number of hydrogen-bond acceptors (Lipinski definition) is 3. The van der Waals surface area contributed by atoms with Gasteiger partial charge < -0.3 is 14.2 Å². The third kappa shape index (κ3) is 7.99. The van der Waals surface area contributed by atoms with Crippen LogP contribution in [0.15, 0.2) is 60.7 Å². The molecule has 3 aromatic rings. The molecule has 0 amide bonds. The first-order valence-corrected chi connectivity index (χ1v) is 12.9. The fourth-order valence-corrected chi connectivity index (χ4v) is 4.00. The smallest absolute Gasteiger partial charge is 0.204 e. The van der Waals surface area contributed by atoms with Crippen LogP contribution in [0.4, 0.5) is 0 Å². The summed E-state index contributed by atoms with van der Waals surface area (Å²) in [6, 6.07) is 20.3. The van der Waals surface area contributed by atoms with Crippen LogP contribution < -0.4 is 14.2 Å². The number of unbranched alkanes of at least 4 members (excludes halogenated alkanes) is 8. The van der Waals surface area contributed by atoms with Gasteiger partial charge in [-0.3, -0.25) is 0 Å². The van der Waals surface area contributed by atoms with E-state index in [1.54, 1.807) is 0 Å². The quantitative estimate of drug-likeness (QED) is 0.204. The molecule has 0 aliphatic heterocycles. The van der Waals surface area contributed by atoms with Crippen molar-refractivity contribution in [1.82, 2.24) is 0 Å². The fourth-order valence-electron chi connectivity index (χ4n) is 4.00. The first-order chi connectivity index (χ1) is 16.3. The molecule has 0 spiro atoms. The zero-order chi connectivity index (χ0) is 23.1. The van der Waals surface area contributed by atoms with E-state index in [1.807, 2.05) is 30.3 Å². The van der Waals surface area contributed by atoms with E-state index in [1.165, 1.54) is 51.4 Å². The number of rotatable bonds is 16. The Bertz CT molecular complexity index is 936. The van der Waals surface area contributed by atoms with Gasteiger partial charge in [-0.05, 0) is 36.4 Å². The summed E-state index contributed by atoms with van der Waals surface area (Å²) < 4.78 is 19.1. The van der Waals surface area contributed by atoms with E-state index < -0.39 is 0 Å². The maximum absolute atomic E-state index is 6.40. The van der Waals surface area contributed by atoms with Crippen LogP contribution in [0, 0.1) is 0 Å². The van der Waals surface area contributed by atoms with Gasteiger partial charge >= 0.3 is 0 Å². The second-order valence-corrected chi connectivity index (χ2v) is 8.69. The molecule has 0 saturated heterocycles. The second-order valence-electron chi connectivity index (χ2n) is 8.69. The lowest BCUT2D eigenvalue weighted by molar-refractivity contribution is 0.253. The molecule has 0 N–H and O–H groups in total. The van der Waals surface area contributed by atoms with E-state index in [4.69, 9.17) is 14.2 Å². The van der Waals surface area contributed by atoms with Crippen LogP contribution in [-0.4, -0.2) is 13.2 Å². The first-order valence-electron chi connectivity index (χ1n) is 12.9. The standard InChI is InChI=1S/C30H40O3/c1-3-5-7-9-16-22-31-29-27-21-15-14-18-25(27)24-28(33-26-19-12-11-13-20-26)30(29)32-23-17-10-8-6-4-2/h11-15,18-21,24H,3-10,16-17,22-23H2,1-2H3. The average molecular weight is 449 g/mol. The van der Waals surface area contributed by atoms with Crippen molar-refractivity contribution in [1.29, 1.82) is 0 Å². The normalized spacial score (nSPS) is 11.0. The molecule has 0 saturated carbocycles. The minimum Gasteiger partial charge on any atom is -0.489 e. The van der Waals surface area contributed by atoms with Crippen LogP contribution in [0.2, 0.25) is 0 Å². The summed E-state index contributed by atoms with van der Waals surface area (Å²) in [5.74, 6) is 3.05. The van der Waals surface area contributed by atoms with Crippen molar-refractivity contribution in [3.8, 4) is 23.0 Å².